The Labute approximate surface area is 160 Å². The molecule has 1 aliphatic rings. The monoisotopic (exact) mass is 392 g/mol. The van der Waals surface area contributed by atoms with Crippen LogP contribution >= 0.6 is 0 Å². The van der Waals surface area contributed by atoms with Crippen LogP contribution in [-0.4, -0.2) is 42.8 Å². The van der Waals surface area contributed by atoms with Crippen molar-refractivity contribution in [1.29, 1.82) is 0 Å². The molecule has 1 rings (SSSR count). The Morgan fingerprint density at radius 3 is 2.44 bits per heavy atom. The molecule has 5 nitrogen and oxygen atoms in total. The first-order valence-corrected chi connectivity index (χ1v) is 9.86. The summed E-state index contributed by atoms with van der Waals surface area (Å²) in [6, 6.07) is 0. The van der Waals surface area contributed by atoms with Crippen LogP contribution in [0.25, 0.3) is 0 Å². The SMILES string of the molecule is CC[C@H](C)CC(F)(F)C(O)CCC1CCC(COC(C)=O)C1CC(=O)OC. The van der Waals surface area contributed by atoms with Gasteiger partial charge in [-0.05, 0) is 49.4 Å². The zero-order valence-electron chi connectivity index (χ0n) is 16.9. The molecule has 0 aromatic heterocycles. The second kappa shape index (κ2) is 10.9. The number of hydrogen-bond donors (Lipinski definition) is 1. The van der Waals surface area contributed by atoms with Crippen molar-refractivity contribution in [3.63, 3.8) is 0 Å². The average molecular weight is 392 g/mol. The normalized spacial score (nSPS) is 25.1. The van der Waals surface area contributed by atoms with Gasteiger partial charge in [-0.15, -0.1) is 0 Å². The van der Waals surface area contributed by atoms with Crippen LogP contribution in [0.3, 0.4) is 0 Å². The van der Waals surface area contributed by atoms with Gasteiger partial charge < -0.3 is 14.6 Å². The minimum Gasteiger partial charge on any atom is -0.469 e. The van der Waals surface area contributed by atoms with Crippen LogP contribution in [0.1, 0.15) is 65.7 Å². The summed E-state index contributed by atoms with van der Waals surface area (Å²) < 4.78 is 38.2. The second-order valence-electron chi connectivity index (χ2n) is 7.92. The number of methoxy groups -OCH3 is 1. The van der Waals surface area contributed by atoms with E-state index in [1.54, 1.807) is 6.92 Å². The number of alkyl halides is 2. The van der Waals surface area contributed by atoms with Gasteiger partial charge in [-0.3, -0.25) is 9.59 Å². The van der Waals surface area contributed by atoms with Crippen molar-refractivity contribution in [1.82, 2.24) is 0 Å². The number of rotatable bonds is 11. The lowest BCUT2D eigenvalue weighted by Gasteiger charge is -2.28. The van der Waals surface area contributed by atoms with E-state index in [1.807, 2.05) is 6.92 Å². The van der Waals surface area contributed by atoms with Gasteiger partial charge in [0.05, 0.1) is 13.7 Å². The fourth-order valence-corrected chi connectivity index (χ4v) is 3.97. The van der Waals surface area contributed by atoms with Crippen molar-refractivity contribution in [2.75, 3.05) is 13.7 Å². The Hall–Kier alpha value is -1.24. The van der Waals surface area contributed by atoms with Gasteiger partial charge in [0.15, 0.2) is 0 Å². The fourth-order valence-electron chi connectivity index (χ4n) is 3.97. The number of aliphatic hydroxyl groups is 1. The summed E-state index contributed by atoms with van der Waals surface area (Å²) in [5.74, 6) is -4.05. The minimum atomic E-state index is -3.11. The molecule has 4 unspecified atom stereocenters. The predicted molar refractivity (Wildman–Crippen MR) is 97.2 cm³/mol. The molecule has 0 heterocycles. The molecule has 0 amide bonds. The number of aliphatic hydroxyl groups excluding tert-OH is 1. The molecule has 0 saturated heterocycles. The van der Waals surface area contributed by atoms with E-state index in [0.717, 1.165) is 12.8 Å². The van der Waals surface area contributed by atoms with Crippen molar-refractivity contribution in [3.05, 3.63) is 0 Å². The molecule has 0 aromatic carbocycles. The van der Waals surface area contributed by atoms with Crippen LogP contribution in [0.2, 0.25) is 0 Å². The molecule has 1 saturated carbocycles. The molecule has 7 heteroatoms. The van der Waals surface area contributed by atoms with Crippen LogP contribution in [0.4, 0.5) is 8.78 Å². The van der Waals surface area contributed by atoms with E-state index in [9.17, 15) is 23.5 Å². The van der Waals surface area contributed by atoms with Crippen LogP contribution in [-0.2, 0) is 19.1 Å². The third-order valence-electron chi connectivity index (χ3n) is 5.87. The zero-order valence-corrected chi connectivity index (χ0v) is 16.9. The maximum atomic E-state index is 14.2. The number of ether oxygens (including phenoxy) is 2. The van der Waals surface area contributed by atoms with Gasteiger partial charge in [0.1, 0.15) is 6.10 Å². The smallest absolute Gasteiger partial charge is 0.305 e. The first kappa shape index (κ1) is 23.8. The van der Waals surface area contributed by atoms with Crippen molar-refractivity contribution in [2.24, 2.45) is 23.7 Å². The van der Waals surface area contributed by atoms with Crippen molar-refractivity contribution < 1.29 is 33.0 Å². The highest BCUT2D eigenvalue weighted by Gasteiger charge is 2.42. The Bertz CT molecular complexity index is 483. The third kappa shape index (κ3) is 7.72. The highest BCUT2D eigenvalue weighted by Crippen LogP contribution is 2.43. The highest BCUT2D eigenvalue weighted by atomic mass is 19.3. The molecule has 0 aromatic rings. The van der Waals surface area contributed by atoms with Crippen molar-refractivity contribution in [3.8, 4) is 0 Å². The largest absolute Gasteiger partial charge is 0.469 e. The lowest BCUT2D eigenvalue weighted by atomic mass is 9.83. The number of halogens is 2. The topological polar surface area (TPSA) is 72.8 Å². The van der Waals surface area contributed by atoms with Crippen LogP contribution < -0.4 is 0 Å². The Balaban J connectivity index is 2.67. The van der Waals surface area contributed by atoms with E-state index in [4.69, 9.17) is 9.47 Å². The molecule has 0 radical (unpaired) electrons. The molecular weight excluding hydrogens is 358 g/mol. The van der Waals surface area contributed by atoms with E-state index >= 15 is 0 Å². The fraction of sp³-hybridized carbons (Fsp3) is 0.900. The summed E-state index contributed by atoms with van der Waals surface area (Å²) in [7, 11) is 1.31. The standard InChI is InChI=1S/C20H34F2O5/c1-5-13(2)11-20(21,22)18(24)9-8-15-6-7-16(12-27-14(3)23)17(15)10-19(25)26-4/h13,15-18,24H,5-12H2,1-4H3/t13-,15?,16?,17?,18?/m0/s1. The van der Waals surface area contributed by atoms with Crippen LogP contribution in [0.5, 0.6) is 0 Å². The number of carbonyl (C=O) groups is 2. The number of esters is 2. The second-order valence-corrected chi connectivity index (χ2v) is 7.92. The molecule has 27 heavy (non-hydrogen) atoms. The van der Waals surface area contributed by atoms with E-state index in [2.05, 4.69) is 0 Å². The van der Waals surface area contributed by atoms with Gasteiger partial charge in [0.25, 0.3) is 5.92 Å². The molecule has 0 bridgehead atoms. The first-order valence-electron chi connectivity index (χ1n) is 9.86. The van der Waals surface area contributed by atoms with E-state index in [0.29, 0.717) is 12.8 Å². The predicted octanol–water partition coefficient (Wildman–Crippen LogP) is 3.97. The van der Waals surface area contributed by atoms with Gasteiger partial charge in [-0.25, -0.2) is 8.78 Å². The minimum absolute atomic E-state index is 0.00788. The molecule has 5 atom stereocenters. The third-order valence-corrected chi connectivity index (χ3v) is 5.87. The molecule has 1 N–H and O–H groups in total. The maximum absolute atomic E-state index is 14.2. The summed E-state index contributed by atoms with van der Waals surface area (Å²) in [5.41, 5.74) is 0. The summed E-state index contributed by atoms with van der Waals surface area (Å²) in [6.45, 7) is 5.16. The summed E-state index contributed by atoms with van der Waals surface area (Å²) in [5, 5.41) is 10.0. The van der Waals surface area contributed by atoms with E-state index in [-0.39, 0.29) is 61.5 Å². The molecule has 1 fully saturated rings. The zero-order chi connectivity index (χ0) is 20.6. The lowest BCUT2D eigenvalue weighted by molar-refractivity contribution is -0.144. The number of hydrogen-bond acceptors (Lipinski definition) is 5. The molecule has 1 aliphatic carbocycles. The van der Waals surface area contributed by atoms with E-state index < -0.39 is 12.0 Å². The van der Waals surface area contributed by atoms with Gasteiger partial charge in [0.2, 0.25) is 0 Å². The summed E-state index contributed by atoms with van der Waals surface area (Å²) in [4.78, 5) is 22.8. The summed E-state index contributed by atoms with van der Waals surface area (Å²) >= 11 is 0. The van der Waals surface area contributed by atoms with Crippen molar-refractivity contribution >= 4 is 11.9 Å². The van der Waals surface area contributed by atoms with Gasteiger partial charge in [0, 0.05) is 19.8 Å². The van der Waals surface area contributed by atoms with Gasteiger partial charge >= 0.3 is 11.9 Å². The van der Waals surface area contributed by atoms with Crippen LogP contribution in [0, 0.1) is 23.7 Å². The number of carbonyl (C=O) groups excluding carboxylic acids is 2. The molecular formula is C20H34F2O5. The Kier molecular flexibility index (Phi) is 9.63. The van der Waals surface area contributed by atoms with Crippen LogP contribution in [0.15, 0.2) is 0 Å². The van der Waals surface area contributed by atoms with Gasteiger partial charge in [-0.1, -0.05) is 20.3 Å². The first-order chi connectivity index (χ1) is 12.6. The Morgan fingerprint density at radius 1 is 1.26 bits per heavy atom. The van der Waals surface area contributed by atoms with Crippen molar-refractivity contribution in [2.45, 2.75) is 77.7 Å². The van der Waals surface area contributed by atoms with Gasteiger partial charge in [-0.2, -0.15) is 0 Å². The van der Waals surface area contributed by atoms with E-state index in [1.165, 1.54) is 14.0 Å². The molecule has 0 aliphatic heterocycles. The Morgan fingerprint density at radius 2 is 1.89 bits per heavy atom. The lowest BCUT2D eigenvalue weighted by Crippen LogP contribution is -2.35. The molecule has 158 valence electrons. The molecule has 0 spiro atoms. The maximum Gasteiger partial charge on any atom is 0.305 e. The highest BCUT2D eigenvalue weighted by molar-refractivity contribution is 5.69. The average Bonchev–Trinajstić information content (AvgIpc) is 2.98. The summed E-state index contributed by atoms with van der Waals surface area (Å²) in [6.07, 6.45) is 0.738. The quantitative estimate of drug-likeness (QED) is 0.539.